The molecule has 1 unspecified atom stereocenters. The van der Waals surface area contributed by atoms with Crippen LogP contribution < -0.4 is 4.90 Å². The highest BCUT2D eigenvalue weighted by molar-refractivity contribution is 9.10. The van der Waals surface area contributed by atoms with E-state index in [1.54, 1.807) is 0 Å². The zero-order valence-electron chi connectivity index (χ0n) is 10.5. The van der Waals surface area contributed by atoms with E-state index in [1.165, 1.54) is 0 Å². The highest BCUT2D eigenvalue weighted by Gasteiger charge is 2.35. The Morgan fingerprint density at radius 2 is 2.21 bits per heavy atom. The van der Waals surface area contributed by atoms with Crippen molar-refractivity contribution in [3.05, 3.63) is 28.2 Å². The van der Waals surface area contributed by atoms with E-state index in [4.69, 9.17) is 0 Å². The zero-order chi connectivity index (χ0) is 13.4. The van der Waals surface area contributed by atoms with Crippen LogP contribution in [0.4, 0.5) is 5.69 Å². The summed E-state index contributed by atoms with van der Waals surface area (Å²) in [6.45, 7) is 2.39. The molecule has 1 amide bonds. The molecule has 3 rings (SSSR count). The number of hydrogen-bond donors (Lipinski definition) is 0. The summed E-state index contributed by atoms with van der Waals surface area (Å²) in [5, 5.41) is 9.21. The van der Waals surface area contributed by atoms with Crippen LogP contribution >= 0.6 is 15.9 Å². The molecule has 19 heavy (non-hydrogen) atoms. The first kappa shape index (κ1) is 12.5. The van der Waals surface area contributed by atoms with Gasteiger partial charge in [0.25, 0.3) is 0 Å². The number of halogens is 1. The number of carbonyl (C=O) groups excluding carboxylic acids is 1. The number of anilines is 1. The minimum Gasteiger partial charge on any atom is -0.367 e. The number of nitrogens with zero attached hydrogens (tertiary/aromatic N) is 3. The van der Waals surface area contributed by atoms with Gasteiger partial charge in [0.1, 0.15) is 6.07 Å². The molecule has 2 fully saturated rings. The van der Waals surface area contributed by atoms with Gasteiger partial charge in [0.05, 0.1) is 11.3 Å². The molecule has 98 valence electrons. The van der Waals surface area contributed by atoms with Crippen molar-refractivity contribution in [2.24, 2.45) is 0 Å². The minimum atomic E-state index is 0.277. The maximum Gasteiger partial charge on any atom is 0.223 e. The molecule has 0 aromatic heterocycles. The number of benzene rings is 1. The lowest BCUT2D eigenvalue weighted by molar-refractivity contribution is -0.129. The van der Waals surface area contributed by atoms with Gasteiger partial charge in [0, 0.05) is 36.6 Å². The smallest absolute Gasteiger partial charge is 0.223 e. The Morgan fingerprint density at radius 1 is 1.37 bits per heavy atom. The quantitative estimate of drug-likeness (QED) is 0.796. The normalized spacial score (nSPS) is 22.3. The van der Waals surface area contributed by atoms with Crippen molar-refractivity contribution >= 4 is 27.5 Å². The predicted molar refractivity (Wildman–Crippen MR) is 75.8 cm³/mol. The Morgan fingerprint density at radius 3 is 3.00 bits per heavy atom. The molecule has 5 heteroatoms. The largest absolute Gasteiger partial charge is 0.367 e. The summed E-state index contributed by atoms with van der Waals surface area (Å²) in [6.07, 6.45) is 1.60. The number of nitriles is 1. The molecular weight excluding hydrogens is 306 g/mol. The summed E-state index contributed by atoms with van der Waals surface area (Å²) in [5.74, 6) is 0.277. The molecule has 2 aliphatic heterocycles. The minimum absolute atomic E-state index is 0.277. The predicted octanol–water partition coefficient (Wildman–Crippen LogP) is 2.13. The van der Waals surface area contributed by atoms with Gasteiger partial charge < -0.3 is 9.80 Å². The number of hydrogen-bond acceptors (Lipinski definition) is 3. The van der Waals surface area contributed by atoms with E-state index in [-0.39, 0.29) is 5.91 Å². The van der Waals surface area contributed by atoms with E-state index in [1.807, 2.05) is 23.1 Å². The molecule has 1 atom stereocenters. The maximum atomic E-state index is 11.7. The van der Waals surface area contributed by atoms with E-state index in [9.17, 15) is 10.1 Å². The average molecular weight is 320 g/mol. The van der Waals surface area contributed by atoms with Crippen LogP contribution in [-0.2, 0) is 4.79 Å². The van der Waals surface area contributed by atoms with Gasteiger partial charge in [0.15, 0.2) is 0 Å². The molecule has 0 saturated carbocycles. The maximum absolute atomic E-state index is 11.7. The third kappa shape index (κ3) is 2.21. The lowest BCUT2D eigenvalue weighted by Crippen LogP contribution is -2.51. The molecular formula is C14H14BrN3O. The van der Waals surface area contributed by atoms with Crippen LogP contribution in [0.3, 0.4) is 0 Å². The Labute approximate surface area is 120 Å². The van der Waals surface area contributed by atoms with Gasteiger partial charge in [-0.1, -0.05) is 15.9 Å². The second kappa shape index (κ2) is 4.86. The van der Waals surface area contributed by atoms with Crippen LogP contribution in [0.25, 0.3) is 0 Å². The number of amides is 1. The van der Waals surface area contributed by atoms with Crippen molar-refractivity contribution in [1.82, 2.24) is 4.90 Å². The van der Waals surface area contributed by atoms with Crippen molar-refractivity contribution < 1.29 is 4.79 Å². The van der Waals surface area contributed by atoms with Crippen LogP contribution in [0.1, 0.15) is 18.4 Å². The van der Waals surface area contributed by atoms with Gasteiger partial charge in [-0.15, -0.1) is 0 Å². The van der Waals surface area contributed by atoms with Crippen molar-refractivity contribution in [2.75, 3.05) is 24.5 Å². The summed E-state index contributed by atoms with van der Waals surface area (Å²) >= 11 is 3.46. The van der Waals surface area contributed by atoms with E-state index in [2.05, 4.69) is 26.9 Å². The summed E-state index contributed by atoms with van der Waals surface area (Å²) in [7, 11) is 0. The van der Waals surface area contributed by atoms with Gasteiger partial charge in [0.2, 0.25) is 5.91 Å². The summed E-state index contributed by atoms with van der Waals surface area (Å²) in [5.41, 5.74) is 1.66. The molecule has 2 aliphatic rings. The number of carbonyl (C=O) groups is 1. The molecule has 1 aromatic carbocycles. The van der Waals surface area contributed by atoms with Crippen LogP contribution in [-0.4, -0.2) is 36.5 Å². The SMILES string of the molecule is N#Cc1ccc(Br)cc1N1CCN2C(=O)CCC2C1. The number of rotatable bonds is 1. The second-order valence-electron chi connectivity index (χ2n) is 5.00. The monoisotopic (exact) mass is 319 g/mol. The molecule has 1 aromatic rings. The lowest BCUT2D eigenvalue weighted by atomic mass is 10.1. The van der Waals surface area contributed by atoms with Crippen molar-refractivity contribution in [2.45, 2.75) is 18.9 Å². The van der Waals surface area contributed by atoms with Crippen molar-refractivity contribution in [3.63, 3.8) is 0 Å². The first-order valence-corrected chi connectivity index (χ1v) is 7.22. The fourth-order valence-electron chi connectivity index (χ4n) is 2.94. The summed E-state index contributed by atoms with van der Waals surface area (Å²) < 4.78 is 0.978. The molecule has 0 aliphatic carbocycles. The highest BCUT2D eigenvalue weighted by Crippen LogP contribution is 2.30. The third-order valence-corrected chi connectivity index (χ3v) is 4.41. The lowest BCUT2D eigenvalue weighted by Gasteiger charge is -2.39. The Bertz CT molecular complexity index is 566. The van der Waals surface area contributed by atoms with E-state index in [0.717, 1.165) is 36.2 Å². The molecule has 0 bridgehead atoms. The van der Waals surface area contributed by atoms with Gasteiger partial charge in [-0.3, -0.25) is 4.79 Å². The molecule has 2 saturated heterocycles. The van der Waals surface area contributed by atoms with Gasteiger partial charge in [-0.2, -0.15) is 5.26 Å². The highest BCUT2D eigenvalue weighted by atomic mass is 79.9. The van der Waals surface area contributed by atoms with E-state index >= 15 is 0 Å². The van der Waals surface area contributed by atoms with Crippen LogP contribution in [0.2, 0.25) is 0 Å². The second-order valence-corrected chi connectivity index (χ2v) is 5.91. The molecule has 0 radical (unpaired) electrons. The first-order valence-electron chi connectivity index (χ1n) is 6.43. The van der Waals surface area contributed by atoms with Gasteiger partial charge >= 0.3 is 0 Å². The molecule has 4 nitrogen and oxygen atoms in total. The first-order chi connectivity index (χ1) is 9.19. The summed E-state index contributed by atoms with van der Waals surface area (Å²) in [4.78, 5) is 15.9. The average Bonchev–Trinajstić information content (AvgIpc) is 2.80. The van der Waals surface area contributed by atoms with Crippen LogP contribution in [0.5, 0.6) is 0 Å². The van der Waals surface area contributed by atoms with Crippen molar-refractivity contribution in [1.29, 1.82) is 5.26 Å². The standard InChI is InChI=1S/C14H14BrN3O/c15-11-2-1-10(8-16)13(7-11)17-5-6-18-12(9-17)3-4-14(18)19/h1-2,7,12H,3-6,9H2. The Hall–Kier alpha value is -1.54. The molecule has 2 heterocycles. The molecule has 0 spiro atoms. The van der Waals surface area contributed by atoms with E-state index in [0.29, 0.717) is 18.0 Å². The van der Waals surface area contributed by atoms with Crippen LogP contribution in [0.15, 0.2) is 22.7 Å². The third-order valence-electron chi connectivity index (χ3n) is 3.92. The van der Waals surface area contributed by atoms with Crippen molar-refractivity contribution in [3.8, 4) is 6.07 Å². The topological polar surface area (TPSA) is 47.3 Å². The zero-order valence-corrected chi connectivity index (χ0v) is 12.1. The molecule has 0 N–H and O–H groups in total. The number of fused-ring (bicyclic) bond motifs is 1. The van der Waals surface area contributed by atoms with Crippen LogP contribution in [0, 0.1) is 11.3 Å². The number of piperazine rings is 1. The summed E-state index contributed by atoms with van der Waals surface area (Å²) in [6, 6.07) is 8.27. The van der Waals surface area contributed by atoms with Gasteiger partial charge in [-0.05, 0) is 24.6 Å². The fraction of sp³-hybridized carbons (Fsp3) is 0.429. The van der Waals surface area contributed by atoms with E-state index < -0.39 is 0 Å². The fourth-order valence-corrected chi connectivity index (χ4v) is 3.29. The Kier molecular flexibility index (Phi) is 3.19. The Balaban J connectivity index is 1.86. The van der Waals surface area contributed by atoms with Gasteiger partial charge in [-0.25, -0.2) is 0 Å².